The number of carbonyl (C=O) groups is 1. The monoisotopic (exact) mass is 256 g/mol. The molecule has 0 aromatic heterocycles. The number of aliphatic hydroxyl groups is 1. The first-order chi connectivity index (χ1) is 8.40. The van der Waals surface area contributed by atoms with E-state index in [1.54, 1.807) is 0 Å². The lowest BCUT2D eigenvalue weighted by Gasteiger charge is -2.41. The number of nitrogens with zero attached hydrogens (tertiary/aromatic N) is 1. The van der Waals surface area contributed by atoms with Crippen molar-refractivity contribution in [2.24, 2.45) is 5.41 Å². The Kier molecular flexibility index (Phi) is 5.60. The van der Waals surface area contributed by atoms with Crippen molar-refractivity contribution >= 4 is 5.91 Å². The van der Waals surface area contributed by atoms with E-state index >= 15 is 0 Å². The van der Waals surface area contributed by atoms with Crippen LogP contribution in [0, 0.1) is 5.41 Å². The maximum atomic E-state index is 12.6. The SMILES string of the molecule is CC(C)N(CCCO)C(=O)C1NCCCC1(C)C. The lowest BCUT2D eigenvalue weighted by molar-refractivity contribution is -0.139. The standard InChI is InChI=1S/C14H28N2O2/c1-11(2)16(9-6-10-17)13(18)12-14(3,4)7-5-8-15-12/h11-12,15,17H,5-10H2,1-4H3. The highest BCUT2D eigenvalue weighted by molar-refractivity contribution is 5.83. The largest absolute Gasteiger partial charge is 0.396 e. The second kappa shape index (κ2) is 6.53. The molecular weight excluding hydrogens is 228 g/mol. The summed E-state index contributed by atoms with van der Waals surface area (Å²) in [5.74, 6) is 0.183. The van der Waals surface area contributed by atoms with Gasteiger partial charge in [0.1, 0.15) is 0 Å². The van der Waals surface area contributed by atoms with Gasteiger partial charge in [-0.25, -0.2) is 0 Å². The summed E-state index contributed by atoms with van der Waals surface area (Å²) in [6.07, 6.45) is 2.87. The first-order valence-electron chi connectivity index (χ1n) is 7.05. The molecule has 0 saturated carbocycles. The zero-order valence-corrected chi connectivity index (χ0v) is 12.2. The van der Waals surface area contributed by atoms with Crippen molar-refractivity contribution in [3.63, 3.8) is 0 Å². The minimum absolute atomic E-state index is 0.0156. The van der Waals surface area contributed by atoms with Gasteiger partial charge in [-0.3, -0.25) is 4.79 Å². The van der Waals surface area contributed by atoms with Gasteiger partial charge in [0.05, 0.1) is 6.04 Å². The summed E-state index contributed by atoms with van der Waals surface area (Å²) in [6, 6.07) is 0.0934. The van der Waals surface area contributed by atoms with Gasteiger partial charge in [0.25, 0.3) is 0 Å². The van der Waals surface area contributed by atoms with Gasteiger partial charge < -0.3 is 15.3 Å². The van der Waals surface area contributed by atoms with Gasteiger partial charge in [0, 0.05) is 19.2 Å². The molecule has 1 rings (SSSR count). The van der Waals surface area contributed by atoms with Crippen LogP contribution < -0.4 is 5.32 Å². The molecule has 0 aromatic rings. The second-order valence-electron chi connectivity index (χ2n) is 6.18. The van der Waals surface area contributed by atoms with Gasteiger partial charge in [-0.2, -0.15) is 0 Å². The summed E-state index contributed by atoms with van der Waals surface area (Å²) in [5.41, 5.74) is 0.0156. The van der Waals surface area contributed by atoms with Gasteiger partial charge in [0.2, 0.25) is 5.91 Å². The Labute approximate surface area is 111 Å². The van der Waals surface area contributed by atoms with E-state index in [1.807, 2.05) is 18.7 Å². The van der Waals surface area contributed by atoms with Crippen LogP contribution in [0.3, 0.4) is 0 Å². The summed E-state index contributed by atoms with van der Waals surface area (Å²) in [5, 5.41) is 12.3. The van der Waals surface area contributed by atoms with Crippen molar-refractivity contribution in [3.05, 3.63) is 0 Å². The van der Waals surface area contributed by atoms with Crippen molar-refractivity contribution in [1.82, 2.24) is 10.2 Å². The van der Waals surface area contributed by atoms with E-state index in [2.05, 4.69) is 19.2 Å². The number of carbonyl (C=O) groups excluding carboxylic acids is 1. The van der Waals surface area contributed by atoms with Crippen LogP contribution in [0.5, 0.6) is 0 Å². The highest BCUT2D eigenvalue weighted by Crippen LogP contribution is 2.31. The third-order valence-electron chi connectivity index (χ3n) is 3.84. The van der Waals surface area contributed by atoms with Crippen molar-refractivity contribution in [1.29, 1.82) is 0 Å². The number of rotatable bonds is 5. The van der Waals surface area contributed by atoms with Gasteiger partial charge in [0.15, 0.2) is 0 Å². The van der Waals surface area contributed by atoms with E-state index < -0.39 is 0 Å². The average Bonchev–Trinajstić information content (AvgIpc) is 2.28. The van der Waals surface area contributed by atoms with Crippen molar-refractivity contribution in [2.45, 2.75) is 59.0 Å². The van der Waals surface area contributed by atoms with Gasteiger partial charge in [-0.15, -0.1) is 0 Å². The van der Waals surface area contributed by atoms with Crippen LogP contribution in [0.15, 0.2) is 0 Å². The Balaban J connectivity index is 2.74. The molecule has 0 bridgehead atoms. The fourth-order valence-corrected chi connectivity index (χ4v) is 2.66. The summed E-state index contributed by atoms with van der Waals surface area (Å²) in [6.45, 7) is 10.1. The summed E-state index contributed by atoms with van der Waals surface area (Å²) < 4.78 is 0. The molecule has 1 aliphatic rings. The topological polar surface area (TPSA) is 52.6 Å². The molecule has 1 amide bonds. The Morgan fingerprint density at radius 3 is 2.67 bits per heavy atom. The highest BCUT2D eigenvalue weighted by Gasteiger charge is 2.39. The fourth-order valence-electron chi connectivity index (χ4n) is 2.66. The number of piperidine rings is 1. The lowest BCUT2D eigenvalue weighted by atomic mass is 9.77. The first kappa shape index (κ1) is 15.4. The van der Waals surface area contributed by atoms with Crippen molar-refractivity contribution < 1.29 is 9.90 Å². The molecule has 1 atom stereocenters. The van der Waals surface area contributed by atoms with Crippen LogP contribution in [0.1, 0.15) is 47.0 Å². The summed E-state index contributed by atoms with van der Waals surface area (Å²) in [4.78, 5) is 14.5. The third kappa shape index (κ3) is 3.69. The Morgan fingerprint density at radius 2 is 2.17 bits per heavy atom. The molecule has 1 aliphatic heterocycles. The van der Waals surface area contributed by atoms with Crippen LogP contribution in [-0.2, 0) is 4.79 Å². The first-order valence-corrected chi connectivity index (χ1v) is 7.05. The van der Waals surface area contributed by atoms with E-state index in [0.717, 1.165) is 19.4 Å². The minimum Gasteiger partial charge on any atom is -0.396 e. The predicted octanol–water partition coefficient (Wildman–Crippen LogP) is 1.38. The van der Waals surface area contributed by atoms with E-state index in [1.165, 1.54) is 0 Å². The van der Waals surface area contributed by atoms with Gasteiger partial charge in [-0.05, 0) is 45.1 Å². The number of amides is 1. The maximum absolute atomic E-state index is 12.6. The average molecular weight is 256 g/mol. The Bertz CT molecular complexity index is 277. The zero-order chi connectivity index (χ0) is 13.8. The molecule has 2 N–H and O–H groups in total. The molecule has 4 nitrogen and oxygen atoms in total. The molecule has 18 heavy (non-hydrogen) atoms. The van der Waals surface area contributed by atoms with E-state index in [-0.39, 0.29) is 30.0 Å². The Hall–Kier alpha value is -0.610. The molecule has 0 spiro atoms. The number of hydrogen-bond acceptors (Lipinski definition) is 3. The van der Waals surface area contributed by atoms with Crippen LogP contribution in [-0.4, -0.2) is 47.7 Å². The van der Waals surface area contributed by atoms with Crippen LogP contribution in [0.25, 0.3) is 0 Å². The summed E-state index contributed by atoms with van der Waals surface area (Å²) in [7, 11) is 0. The van der Waals surface area contributed by atoms with Crippen molar-refractivity contribution in [2.75, 3.05) is 19.7 Å². The summed E-state index contributed by atoms with van der Waals surface area (Å²) >= 11 is 0. The molecule has 0 aromatic carbocycles. The molecule has 4 heteroatoms. The number of aliphatic hydroxyl groups excluding tert-OH is 1. The highest BCUT2D eigenvalue weighted by atomic mass is 16.3. The predicted molar refractivity (Wildman–Crippen MR) is 73.4 cm³/mol. The maximum Gasteiger partial charge on any atom is 0.240 e. The normalized spacial score (nSPS) is 23.1. The third-order valence-corrected chi connectivity index (χ3v) is 3.84. The van der Waals surface area contributed by atoms with E-state index in [0.29, 0.717) is 13.0 Å². The van der Waals surface area contributed by atoms with Gasteiger partial charge >= 0.3 is 0 Å². The second-order valence-corrected chi connectivity index (χ2v) is 6.18. The van der Waals surface area contributed by atoms with Gasteiger partial charge in [-0.1, -0.05) is 13.8 Å². The Morgan fingerprint density at radius 1 is 1.50 bits per heavy atom. The molecule has 1 unspecified atom stereocenters. The molecular formula is C14H28N2O2. The van der Waals surface area contributed by atoms with Crippen LogP contribution in [0.4, 0.5) is 0 Å². The van der Waals surface area contributed by atoms with Crippen molar-refractivity contribution in [3.8, 4) is 0 Å². The molecule has 106 valence electrons. The molecule has 0 aliphatic carbocycles. The zero-order valence-electron chi connectivity index (χ0n) is 12.2. The number of nitrogens with one attached hydrogen (secondary N) is 1. The van der Waals surface area contributed by atoms with Crippen LogP contribution in [0.2, 0.25) is 0 Å². The molecule has 0 radical (unpaired) electrons. The lowest BCUT2D eigenvalue weighted by Crippen LogP contribution is -2.58. The fraction of sp³-hybridized carbons (Fsp3) is 0.929. The quantitative estimate of drug-likeness (QED) is 0.781. The van der Waals surface area contributed by atoms with E-state index in [9.17, 15) is 4.79 Å². The van der Waals surface area contributed by atoms with E-state index in [4.69, 9.17) is 5.11 Å². The van der Waals surface area contributed by atoms with Crippen LogP contribution >= 0.6 is 0 Å². The number of hydrogen-bond donors (Lipinski definition) is 2. The minimum atomic E-state index is -0.0904. The smallest absolute Gasteiger partial charge is 0.240 e. The molecule has 1 heterocycles. The molecule has 1 fully saturated rings. The molecule has 1 saturated heterocycles.